The van der Waals surface area contributed by atoms with E-state index in [4.69, 9.17) is 15.8 Å². The van der Waals surface area contributed by atoms with Crippen LogP contribution in [0.2, 0.25) is 0 Å². The Hall–Kier alpha value is -3.42. The summed E-state index contributed by atoms with van der Waals surface area (Å²) in [6.45, 7) is 5.12. The fourth-order valence-corrected chi connectivity index (χ4v) is 3.85. The van der Waals surface area contributed by atoms with E-state index in [0.29, 0.717) is 11.3 Å². The molecule has 0 aliphatic carbocycles. The number of hydrogen-bond acceptors (Lipinski definition) is 4. The summed E-state index contributed by atoms with van der Waals surface area (Å²) in [6, 6.07) is 6.20. The van der Waals surface area contributed by atoms with Crippen molar-refractivity contribution in [2.75, 3.05) is 0 Å². The summed E-state index contributed by atoms with van der Waals surface area (Å²) in [7, 11) is 0. The molecule has 0 radical (unpaired) electrons. The third-order valence-corrected chi connectivity index (χ3v) is 5.24. The summed E-state index contributed by atoms with van der Waals surface area (Å²) in [5.41, 5.74) is 10.3. The number of rotatable bonds is 4. The van der Waals surface area contributed by atoms with Crippen molar-refractivity contribution in [3.8, 4) is 22.6 Å². The number of nitrogens with two attached hydrogens (primary N) is 1. The minimum absolute atomic E-state index is 0.284. The predicted molar refractivity (Wildman–Crippen MR) is 105 cm³/mol. The van der Waals surface area contributed by atoms with Gasteiger partial charge in [-0.25, -0.2) is 9.97 Å². The number of hydrogen-bond donors (Lipinski definition) is 1. The summed E-state index contributed by atoms with van der Waals surface area (Å²) < 4.78 is 5.93. The zero-order chi connectivity index (χ0) is 19.4. The third kappa shape index (κ3) is 2.45. The standard InChI is InChI=1S/C20H21N7O/c1-12(2)27-9-7-14(24-27)18-19(25-8-3-4-17(25)23-18)13-5-6-16-22-10-15(20(21)28)26(16)11-13/h5-7,9-12H,3-4,8H2,1-2H3,(H2,21,28). The van der Waals surface area contributed by atoms with Crippen molar-refractivity contribution in [1.82, 2.24) is 28.7 Å². The van der Waals surface area contributed by atoms with Gasteiger partial charge in [-0.15, -0.1) is 0 Å². The van der Waals surface area contributed by atoms with E-state index in [1.165, 1.54) is 6.20 Å². The molecule has 0 saturated carbocycles. The molecule has 0 bridgehead atoms. The fourth-order valence-electron chi connectivity index (χ4n) is 3.85. The molecular formula is C20H21N7O. The number of primary amides is 1. The van der Waals surface area contributed by atoms with Crippen LogP contribution in [0.15, 0.2) is 36.8 Å². The van der Waals surface area contributed by atoms with Crippen LogP contribution in [-0.4, -0.2) is 34.6 Å². The molecule has 1 aliphatic heterocycles. The van der Waals surface area contributed by atoms with Gasteiger partial charge in [0.05, 0.1) is 11.9 Å². The van der Waals surface area contributed by atoms with Gasteiger partial charge in [-0.2, -0.15) is 5.10 Å². The van der Waals surface area contributed by atoms with Gasteiger partial charge in [0.15, 0.2) is 0 Å². The van der Waals surface area contributed by atoms with Gasteiger partial charge < -0.3 is 10.3 Å². The lowest BCUT2D eigenvalue weighted by Crippen LogP contribution is -2.13. The summed E-state index contributed by atoms with van der Waals surface area (Å²) >= 11 is 0. The van der Waals surface area contributed by atoms with Gasteiger partial charge in [-0.1, -0.05) is 0 Å². The van der Waals surface area contributed by atoms with E-state index in [1.54, 1.807) is 4.40 Å². The molecule has 0 fully saturated rings. The molecule has 0 atom stereocenters. The lowest BCUT2D eigenvalue weighted by atomic mass is 10.1. The molecule has 1 amide bonds. The van der Waals surface area contributed by atoms with Crippen LogP contribution in [0.3, 0.4) is 0 Å². The Bertz CT molecular complexity index is 1210. The summed E-state index contributed by atoms with van der Waals surface area (Å²) in [6.07, 6.45) is 7.44. The van der Waals surface area contributed by atoms with Crippen LogP contribution in [0, 0.1) is 0 Å². The highest BCUT2D eigenvalue weighted by molar-refractivity contribution is 5.92. The molecule has 2 N–H and O–H groups in total. The average molecular weight is 375 g/mol. The van der Waals surface area contributed by atoms with Crippen molar-refractivity contribution in [3.05, 3.63) is 48.3 Å². The van der Waals surface area contributed by atoms with Gasteiger partial charge in [-0.05, 0) is 38.5 Å². The van der Waals surface area contributed by atoms with Crippen molar-refractivity contribution in [1.29, 1.82) is 0 Å². The zero-order valence-corrected chi connectivity index (χ0v) is 15.8. The molecule has 8 nitrogen and oxygen atoms in total. The van der Waals surface area contributed by atoms with Crippen LogP contribution in [-0.2, 0) is 13.0 Å². The molecule has 4 aromatic heterocycles. The highest BCUT2D eigenvalue weighted by Crippen LogP contribution is 2.35. The Balaban J connectivity index is 1.72. The topological polar surface area (TPSA) is 96.0 Å². The first-order valence-electron chi connectivity index (χ1n) is 9.45. The number of fused-ring (bicyclic) bond motifs is 2. The maximum Gasteiger partial charge on any atom is 0.267 e. The first-order valence-corrected chi connectivity index (χ1v) is 9.45. The molecule has 4 aromatic rings. The Kier molecular flexibility index (Phi) is 3.61. The number of imidazole rings is 2. The van der Waals surface area contributed by atoms with E-state index in [-0.39, 0.29) is 6.04 Å². The second-order valence-corrected chi connectivity index (χ2v) is 7.41. The maximum absolute atomic E-state index is 11.7. The van der Waals surface area contributed by atoms with E-state index in [1.807, 2.05) is 35.3 Å². The highest BCUT2D eigenvalue weighted by Gasteiger charge is 2.25. The number of carbonyl (C=O) groups excluding carboxylic acids is 1. The first-order chi connectivity index (χ1) is 13.5. The van der Waals surface area contributed by atoms with Crippen LogP contribution < -0.4 is 5.73 Å². The molecule has 142 valence electrons. The minimum Gasteiger partial charge on any atom is -0.364 e. The highest BCUT2D eigenvalue weighted by atomic mass is 16.1. The Labute approximate surface area is 161 Å². The molecule has 1 aliphatic rings. The SMILES string of the molecule is CC(C)n1ccc(-c2nc3n(c2-c2ccc4ncc(C(N)=O)n4c2)CCC3)n1. The fraction of sp³-hybridized carbons (Fsp3) is 0.300. The number of aromatic nitrogens is 6. The molecule has 0 spiro atoms. The summed E-state index contributed by atoms with van der Waals surface area (Å²) in [5, 5.41) is 4.72. The van der Waals surface area contributed by atoms with Crippen molar-refractivity contribution >= 4 is 11.6 Å². The summed E-state index contributed by atoms with van der Waals surface area (Å²) in [5.74, 6) is 0.573. The summed E-state index contributed by atoms with van der Waals surface area (Å²) in [4.78, 5) is 20.9. The van der Waals surface area contributed by atoms with E-state index < -0.39 is 5.91 Å². The second-order valence-electron chi connectivity index (χ2n) is 7.41. The number of aryl methyl sites for hydroxylation is 1. The lowest BCUT2D eigenvalue weighted by molar-refractivity contribution is 0.0995. The molecule has 5 heterocycles. The van der Waals surface area contributed by atoms with Gasteiger partial charge in [-0.3, -0.25) is 13.9 Å². The van der Waals surface area contributed by atoms with Gasteiger partial charge in [0.2, 0.25) is 0 Å². The van der Waals surface area contributed by atoms with E-state index in [2.05, 4.69) is 23.4 Å². The molecule has 0 saturated heterocycles. The monoisotopic (exact) mass is 375 g/mol. The number of nitrogens with zero attached hydrogens (tertiary/aromatic N) is 6. The van der Waals surface area contributed by atoms with E-state index >= 15 is 0 Å². The van der Waals surface area contributed by atoms with Crippen LogP contribution in [0.25, 0.3) is 28.3 Å². The average Bonchev–Trinajstić information content (AvgIpc) is 3.41. The number of pyridine rings is 1. The largest absolute Gasteiger partial charge is 0.364 e. The third-order valence-electron chi connectivity index (χ3n) is 5.24. The smallest absolute Gasteiger partial charge is 0.267 e. The van der Waals surface area contributed by atoms with E-state index in [9.17, 15) is 4.79 Å². The van der Waals surface area contributed by atoms with Crippen LogP contribution in [0.1, 0.15) is 42.6 Å². The van der Waals surface area contributed by atoms with Crippen molar-refractivity contribution in [2.24, 2.45) is 5.73 Å². The number of carbonyl (C=O) groups is 1. The quantitative estimate of drug-likeness (QED) is 0.593. The van der Waals surface area contributed by atoms with Gasteiger partial charge in [0.1, 0.15) is 28.6 Å². The Morgan fingerprint density at radius 2 is 2.11 bits per heavy atom. The second kappa shape index (κ2) is 6.05. The van der Waals surface area contributed by atoms with E-state index in [0.717, 1.165) is 47.9 Å². The van der Waals surface area contributed by atoms with Gasteiger partial charge in [0.25, 0.3) is 5.91 Å². The molecule has 8 heteroatoms. The molecule has 0 unspecified atom stereocenters. The number of amides is 1. The maximum atomic E-state index is 11.7. The van der Waals surface area contributed by atoms with Crippen LogP contribution in [0.4, 0.5) is 0 Å². The van der Waals surface area contributed by atoms with Crippen molar-refractivity contribution < 1.29 is 4.79 Å². The Morgan fingerprint density at radius 3 is 2.86 bits per heavy atom. The van der Waals surface area contributed by atoms with Gasteiger partial charge in [0, 0.05) is 37.0 Å². The normalized spacial score (nSPS) is 13.5. The zero-order valence-electron chi connectivity index (χ0n) is 15.8. The first kappa shape index (κ1) is 16.7. The van der Waals surface area contributed by atoms with Crippen molar-refractivity contribution in [2.45, 2.75) is 39.3 Å². The molecule has 28 heavy (non-hydrogen) atoms. The molecule has 0 aromatic carbocycles. The molecule has 5 rings (SSSR count). The predicted octanol–water partition coefficient (Wildman–Crippen LogP) is 2.69. The molecular weight excluding hydrogens is 354 g/mol. The lowest BCUT2D eigenvalue weighted by Gasteiger charge is -2.09. The van der Waals surface area contributed by atoms with Gasteiger partial charge >= 0.3 is 0 Å². The van der Waals surface area contributed by atoms with Crippen LogP contribution >= 0.6 is 0 Å². The van der Waals surface area contributed by atoms with Crippen LogP contribution in [0.5, 0.6) is 0 Å². The minimum atomic E-state index is -0.501. The Morgan fingerprint density at radius 1 is 1.25 bits per heavy atom. The van der Waals surface area contributed by atoms with Crippen molar-refractivity contribution in [3.63, 3.8) is 0 Å².